The van der Waals surface area contributed by atoms with E-state index in [1.54, 1.807) is 0 Å². The Labute approximate surface area is 148 Å². The number of benzene rings is 1. The van der Waals surface area contributed by atoms with Gasteiger partial charge in [0.1, 0.15) is 5.75 Å². The summed E-state index contributed by atoms with van der Waals surface area (Å²) in [6.07, 6.45) is 10.9. The van der Waals surface area contributed by atoms with E-state index in [0.29, 0.717) is 6.42 Å². The van der Waals surface area contributed by atoms with Gasteiger partial charge in [-0.3, -0.25) is 14.9 Å². The number of hydrogen-bond donors (Lipinski definition) is 2. The number of nitro benzene ring substituents is 1. The van der Waals surface area contributed by atoms with Crippen molar-refractivity contribution in [2.45, 2.75) is 64.7 Å². The van der Waals surface area contributed by atoms with Gasteiger partial charge in [0, 0.05) is 24.1 Å². The molecule has 1 rings (SSSR count). The first kappa shape index (κ1) is 20.6. The second kappa shape index (κ2) is 12.0. The van der Waals surface area contributed by atoms with Crippen molar-refractivity contribution in [2.75, 3.05) is 0 Å². The largest absolute Gasteiger partial charge is 0.507 e. The minimum atomic E-state index is -0.558. The molecule has 0 bridgehead atoms. The van der Waals surface area contributed by atoms with Crippen molar-refractivity contribution in [2.24, 2.45) is 5.10 Å². The molecule has 25 heavy (non-hydrogen) atoms. The molecule has 138 valence electrons. The number of hydrazone groups is 1. The maximum atomic E-state index is 11.7. The van der Waals surface area contributed by atoms with Crippen LogP contribution in [0.1, 0.15) is 70.3 Å². The van der Waals surface area contributed by atoms with Crippen LogP contribution in [0.25, 0.3) is 0 Å². The minimum absolute atomic E-state index is 0.133. The van der Waals surface area contributed by atoms with E-state index in [-0.39, 0.29) is 22.9 Å². The fraction of sp³-hybridized carbons (Fsp3) is 0.556. The molecule has 0 radical (unpaired) electrons. The van der Waals surface area contributed by atoms with Crippen molar-refractivity contribution < 1.29 is 14.8 Å². The zero-order chi connectivity index (χ0) is 18.5. The SMILES string of the molecule is CCCCCCCCCCC(=O)N/N=C\c1cc([N+](=O)[O-])ccc1O. The van der Waals surface area contributed by atoms with Gasteiger partial charge in [-0.15, -0.1) is 0 Å². The number of phenolic OH excluding ortho intramolecular Hbond substituents is 1. The number of carbonyl (C=O) groups excluding carboxylic acids is 1. The first-order valence-electron chi connectivity index (χ1n) is 8.84. The molecule has 0 aliphatic rings. The maximum absolute atomic E-state index is 11.7. The second-order valence-corrected chi connectivity index (χ2v) is 6.02. The molecule has 0 fully saturated rings. The molecule has 2 N–H and O–H groups in total. The summed E-state index contributed by atoms with van der Waals surface area (Å²) in [6, 6.07) is 3.62. The monoisotopic (exact) mass is 349 g/mol. The number of nitrogens with one attached hydrogen (secondary N) is 1. The summed E-state index contributed by atoms with van der Waals surface area (Å²) >= 11 is 0. The maximum Gasteiger partial charge on any atom is 0.270 e. The highest BCUT2D eigenvalue weighted by molar-refractivity contribution is 5.85. The van der Waals surface area contributed by atoms with Crippen LogP contribution in [0.4, 0.5) is 5.69 Å². The Morgan fingerprint density at radius 2 is 1.84 bits per heavy atom. The molecule has 1 aromatic carbocycles. The first-order valence-corrected chi connectivity index (χ1v) is 8.84. The Morgan fingerprint density at radius 3 is 2.48 bits per heavy atom. The normalized spacial score (nSPS) is 10.9. The van der Waals surface area contributed by atoms with Crippen LogP contribution in [-0.2, 0) is 4.79 Å². The summed E-state index contributed by atoms with van der Waals surface area (Å²) in [5, 5.41) is 24.1. The molecule has 0 heterocycles. The molecule has 7 heteroatoms. The number of nitro groups is 1. The van der Waals surface area contributed by atoms with Gasteiger partial charge in [0.25, 0.3) is 5.69 Å². The number of unbranched alkanes of at least 4 members (excludes halogenated alkanes) is 7. The smallest absolute Gasteiger partial charge is 0.270 e. The standard InChI is InChI=1S/C18H27N3O4/c1-2-3-4-5-6-7-8-9-10-18(23)20-19-14-15-13-16(21(24)25)11-12-17(15)22/h11-14,22H,2-10H2,1H3,(H,20,23)/b19-14-. The third kappa shape index (κ3) is 8.83. The lowest BCUT2D eigenvalue weighted by Gasteiger charge is -2.02. The molecule has 0 saturated carbocycles. The second-order valence-electron chi connectivity index (χ2n) is 6.02. The average molecular weight is 349 g/mol. The van der Waals surface area contributed by atoms with Crippen LogP contribution in [0.15, 0.2) is 23.3 Å². The number of carbonyl (C=O) groups is 1. The van der Waals surface area contributed by atoms with Crippen LogP contribution in [0.2, 0.25) is 0 Å². The molecular formula is C18H27N3O4. The van der Waals surface area contributed by atoms with Crippen molar-refractivity contribution in [3.8, 4) is 5.75 Å². The van der Waals surface area contributed by atoms with Gasteiger partial charge in [0.2, 0.25) is 5.91 Å². The van der Waals surface area contributed by atoms with Crippen LogP contribution in [-0.4, -0.2) is 22.2 Å². The van der Waals surface area contributed by atoms with E-state index in [2.05, 4.69) is 17.5 Å². The molecular weight excluding hydrogens is 322 g/mol. The molecule has 1 aromatic rings. The third-order valence-electron chi connectivity index (χ3n) is 3.87. The van der Waals surface area contributed by atoms with Gasteiger partial charge in [0.05, 0.1) is 11.1 Å². The van der Waals surface area contributed by atoms with Gasteiger partial charge in [-0.05, 0) is 12.5 Å². The number of rotatable bonds is 12. The predicted octanol–water partition coefficient (Wildman–Crippen LogP) is 4.28. The molecule has 0 aliphatic heterocycles. The molecule has 1 amide bonds. The molecule has 0 aromatic heterocycles. The zero-order valence-electron chi connectivity index (χ0n) is 14.7. The zero-order valence-corrected chi connectivity index (χ0v) is 14.7. The lowest BCUT2D eigenvalue weighted by atomic mass is 10.1. The molecule has 0 saturated heterocycles. The van der Waals surface area contributed by atoms with E-state index in [1.807, 2.05) is 0 Å². The van der Waals surface area contributed by atoms with Gasteiger partial charge in [-0.1, -0.05) is 51.9 Å². The quantitative estimate of drug-likeness (QED) is 0.254. The molecule has 0 aliphatic carbocycles. The van der Waals surface area contributed by atoms with E-state index in [9.17, 15) is 20.0 Å². The van der Waals surface area contributed by atoms with Crippen LogP contribution in [0, 0.1) is 10.1 Å². The van der Waals surface area contributed by atoms with E-state index in [0.717, 1.165) is 19.3 Å². The van der Waals surface area contributed by atoms with Crippen molar-refractivity contribution in [1.29, 1.82) is 0 Å². The molecule has 0 unspecified atom stereocenters. The first-order chi connectivity index (χ1) is 12.0. The lowest BCUT2D eigenvalue weighted by molar-refractivity contribution is -0.384. The van der Waals surface area contributed by atoms with E-state index >= 15 is 0 Å². The highest BCUT2D eigenvalue weighted by Crippen LogP contribution is 2.21. The summed E-state index contributed by atoms with van der Waals surface area (Å²) in [7, 11) is 0. The Hall–Kier alpha value is -2.44. The summed E-state index contributed by atoms with van der Waals surface area (Å²) < 4.78 is 0. The Balaban J connectivity index is 2.24. The van der Waals surface area contributed by atoms with E-state index in [4.69, 9.17) is 0 Å². The Bertz CT molecular complexity index is 588. The summed E-state index contributed by atoms with van der Waals surface area (Å²) in [6.45, 7) is 2.20. The van der Waals surface area contributed by atoms with Crippen molar-refractivity contribution in [1.82, 2.24) is 5.43 Å². The summed E-state index contributed by atoms with van der Waals surface area (Å²) in [5.74, 6) is -0.334. The Morgan fingerprint density at radius 1 is 1.20 bits per heavy atom. The average Bonchev–Trinajstić information content (AvgIpc) is 2.58. The minimum Gasteiger partial charge on any atom is -0.507 e. The Kier molecular flexibility index (Phi) is 9.89. The third-order valence-corrected chi connectivity index (χ3v) is 3.87. The van der Waals surface area contributed by atoms with Crippen LogP contribution in [0.3, 0.4) is 0 Å². The molecule has 7 nitrogen and oxygen atoms in total. The number of aromatic hydroxyl groups is 1. The van der Waals surface area contributed by atoms with Gasteiger partial charge in [-0.25, -0.2) is 5.43 Å². The summed E-state index contributed by atoms with van der Waals surface area (Å²) in [4.78, 5) is 21.8. The van der Waals surface area contributed by atoms with Crippen LogP contribution < -0.4 is 5.43 Å². The van der Waals surface area contributed by atoms with Crippen LogP contribution >= 0.6 is 0 Å². The van der Waals surface area contributed by atoms with Gasteiger partial charge in [-0.2, -0.15) is 5.10 Å². The lowest BCUT2D eigenvalue weighted by Crippen LogP contribution is -2.16. The van der Waals surface area contributed by atoms with E-state index < -0.39 is 4.92 Å². The predicted molar refractivity (Wildman–Crippen MR) is 97.7 cm³/mol. The van der Waals surface area contributed by atoms with E-state index in [1.165, 1.54) is 56.5 Å². The number of non-ortho nitro benzene ring substituents is 1. The van der Waals surface area contributed by atoms with Gasteiger partial charge < -0.3 is 5.11 Å². The number of amides is 1. The van der Waals surface area contributed by atoms with Crippen molar-refractivity contribution >= 4 is 17.8 Å². The number of phenols is 1. The highest BCUT2D eigenvalue weighted by Gasteiger charge is 2.08. The molecule has 0 spiro atoms. The summed E-state index contributed by atoms with van der Waals surface area (Å²) in [5.41, 5.74) is 2.41. The van der Waals surface area contributed by atoms with Crippen molar-refractivity contribution in [3.63, 3.8) is 0 Å². The van der Waals surface area contributed by atoms with Gasteiger partial charge in [0.15, 0.2) is 0 Å². The van der Waals surface area contributed by atoms with Crippen molar-refractivity contribution in [3.05, 3.63) is 33.9 Å². The van der Waals surface area contributed by atoms with Gasteiger partial charge >= 0.3 is 0 Å². The van der Waals surface area contributed by atoms with Crippen LogP contribution in [0.5, 0.6) is 5.75 Å². The number of nitrogens with zero attached hydrogens (tertiary/aromatic N) is 2. The molecule has 0 atom stereocenters. The topological polar surface area (TPSA) is 105 Å². The number of hydrogen-bond acceptors (Lipinski definition) is 5. The fourth-order valence-electron chi connectivity index (χ4n) is 2.41. The highest BCUT2D eigenvalue weighted by atomic mass is 16.6. The fourth-order valence-corrected chi connectivity index (χ4v) is 2.41.